The Kier molecular flexibility index (Phi) is 5.62. The summed E-state index contributed by atoms with van der Waals surface area (Å²) in [5.74, 6) is -0.315. The highest BCUT2D eigenvalue weighted by molar-refractivity contribution is 5.86. The van der Waals surface area contributed by atoms with Crippen LogP contribution in [0.25, 0.3) is 0 Å². The Morgan fingerprint density at radius 2 is 2.00 bits per heavy atom. The Morgan fingerprint density at radius 3 is 2.43 bits per heavy atom. The molecule has 6 nitrogen and oxygen atoms in total. The standard InChI is InChI=1S/C8H17N3O3/c1-5(12)3-4-10-7(13)6(2)11-8(9)14/h5-6,12H,3-4H2,1-2H3,(H,10,13)(H3,9,11,14). The van der Waals surface area contributed by atoms with Gasteiger partial charge < -0.3 is 21.5 Å². The largest absolute Gasteiger partial charge is 0.393 e. The van der Waals surface area contributed by atoms with Crippen molar-refractivity contribution in [1.82, 2.24) is 10.6 Å². The molecule has 0 aliphatic rings. The van der Waals surface area contributed by atoms with Crippen molar-refractivity contribution in [1.29, 1.82) is 0 Å². The van der Waals surface area contributed by atoms with Crippen molar-refractivity contribution in [3.8, 4) is 0 Å². The molecule has 0 aromatic carbocycles. The molecule has 0 aliphatic heterocycles. The minimum Gasteiger partial charge on any atom is -0.393 e. The molecule has 0 saturated carbocycles. The number of hydrogen-bond acceptors (Lipinski definition) is 3. The molecule has 0 rings (SSSR count). The first kappa shape index (κ1) is 12.7. The molecule has 0 fully saturated rings. The van der Waals surface area contributed by atoms with Gasteiger partial charge in [0.1, 0.15) is 6.04 Å². The summed E-state index contributed by atoms with van der Waals surface area (Å²) in [4.78, 5) is 21.6. The van der Waals surface area contributed by atoms with E-state index in [0.29, 0.717) is 13.0 Å². The van der Waals surface area contributed by atoms with Crippen LogP contribution in [0, 0.1) is 0 Å². The van der Waals surface area contributed by atoms with Gasteiger partial charge in [0.15, 0.2) is 0 Å². The molecular formula is C8H17N3O3. The van der Waals surface area contributed by atoms with Crippen LogP contribution in [0.15, 0.2) is 0 Å². The van der Waals surface area contributed by atoms with Crippen molar-refractivity contribution in [3.05, 3.63) is 0 Å². The quantitative estimate of drug-likeness (QED) is 0.457. The average Bonchev–Trinajstić information content (AvgIpc) is 2.01. The van der Waals surface area contributed by atoms with Gasteiger partial charge in [0.25, 0.3) is 0 Å². The van der Waals surface area contributed by atoms with Crippen LogP contribution in [0.4, 0.5) is 4.79 Å². The minimum absolute atomic E-state index is 0.315. The third-order valence-corrected chi connectivity index (χ3v) is 1.61. The van der Waals surface area contributed by atoms with Gasteiger partial charge in [-0.3, -0.25) is 4.79 Å². The fourth-order valence-corrected chi connectivity index (χ4v) is 0.836. The molecule has 82 valence electrons. The van der Waals surface area contributed by atoms with E-state index in [0.717, 1.165) is 0 Å². The third kappa shape index (κ3) is 6.24. The summed E-state index contributed by atoms with van der Waals surface area (Å²) in [7, 11) is 0. The van der Waals surface area contributed by atoms with E-state index in [-0.39, 0.29) is 5.91 Å². The van der Waals surface area contributed by atoms with Gasteiger partial charge >= 0.3 is 6.03 Å². The van der Waals surface area contributed by atoms with E-state index in [4.69, 9.17) is 10.8 Å². The number of primary amides is 1. The Labute approximate surface area is 82.9 Å². The number of carbonyl (C=O) groups excluding carboxylic acids is 2. The molecule has 0 heterocycles. The second-order valence-corrected chi connectivity index (χ2v) is 3.16. The number of nitrogens with two attached hydrogens (primary N) is 1. The highest BCUT2D eigenvalue weighted by Gasteiger charge is 2.12. The number of rotatable bonds is 5. The molecular weight excluding hydrogens is 186 g/mol. The lowest BCUT2D eigenvalue weighted by Gasteiger charge is -2.12. The topological polar surface area (TPSA) is 104 Å². The van der Waals surface area contributed by atoms with E-state index in [1.807, 2.05) is 0 Å². The molecule has 5 N–H and O–H groups in total. The van der Waals surface area contributed by atoms with Crippen molar-refractivity contribution in [2.45, 2.75) is 32.4 Å². The summed E-state index contributed by atoms with van der Waals surface area (Å²) in [5.41, 5.74) is 4.84. The molecule has 2 atom stereocenters. The lowest BCUT2D eigenvalue weighted by Crippen LogP contribution is -2.47. The number of urea groups is 1. The predicted molar refractivity (Wildman–Crippen MR) is 51.5 cm³/mol. The van der Waals surface area contributed by atoms with E-state index >= 15 is 0 Å². The zero-order chi connectivity index (χ0) is 11.1. The lowest BCUT2D eigenvalue weighted by atomic mass is 10.2. The van der Waals surface area contributed by atoms with Gasteiger partial charge in [0.2, 0.25) is 5.91 Å². The van der Waals surface area contributed by atoms with Crippen LogP contribution in [0.3, 0.4) is 0 Å². The highest BCUT2D eigenvalue weighted by Crippen LogP contribution is 1.87. The Morgan fingerprint density at radius 1 is 1.43 bits per heavy atom. The van der Waals surface area contributed by atoms with Gasteiger partial charge in [-0.1, -0.05) is 0 Å². The van der Waals surface area contributed by atoms with E-state index in [9.17, 15) is 9.59 Å². The van der Waals surface area contributed by atoms with Crippen LogP contribution >= 0.6 is 0 Å². The number of hydrogen-bond donors (Lipinski definition) is 4. The Hall–Kier alpha value is -1.30. The first-order chi connectivity index (χ1) is 6.43. The Balaban J connectivity index is 3.67. The summed E-state index contributed by atoms with van der Waals surface area (Å²) in [5, 5.41) is 13.7. The molecule has 0 aromatic rings. The monoisotopic (exact) mass is 203 g/mol. The molecule has 2 unspecified atom stereocenters. The van der Waals surface area contributed by atoms with E-state index in [2.05, 4.69) is 10.6 Å². The van der Waals surface area contributed by atoms with Gasteiger partial charge in [-0.15, -0.1) is 0 Å². The number of amides is 3. The van der Waals surface area contributed by atoms with Gasteiger partial charge in [-0.2, -0.15) is 0 Å². The normalized spacial score (nSPS) is 14.2. The number of aliphatic hydroxyl groups excluding tert-OH is 1. The second kappa shape index (κ2) is 6.20. The van der Waals surface area contributed by atoms with Crippen LogP contribution in [0.1, 0.15) is 20.3 Å². The molecule has 0 aromatic heterocycles. The fourth-order valence-electron chi connectivity index (χ4n) is 0.836. The first-order valence-electron chi connectivity index (χ1n) is 4.45. The highest BCUT2D eigenvalue weighted by atomic mass is 16.3. The first-order valence-corrected chi connectivity index (χ1v) is 4.45. The summed E-state index contributed by atoms with van der Waals surface area (Å²) in [6.45, 7) is 3.54. The smallest absolute Gasteiger partial charge is 0.312 e. The van der Waals surface area contributed by atoms with Crippen molar-refractivity contribution in [2.75, 3.05) is 6.54 Å². The maximum absolute atomic E-state index is 11.2. The molecule has 3 amide bonds. The molecule has 14 heavy (non-hydrogen) atoms. The third-order valence-electron chi connectivity index (χ3n) is 1.61. The summed E-state index contributed by atoms with van der Waals surface area (Å²) in [6, 6.07) is -1.38. The number of aliphatic hydroxyl groups is 1. The van der Waals surface area contributed by atoms with Crippen molar-refractivity contribution in [2.24, 2.45) is 5.73 Å². The fraction of sp³-hybridized carbons (Fsp3) is 0.750. The SMILES string of the molecule is CC(O)CCNC(=O)C(C)NC(N)=O. The summed E-state index contributed by atoms with van der Waals surface area (Å²) in [6.07, 6.45) is 0.0318. The molecule has 6 heteroatoms. The van der Waals surface area contributed by atoms with E-state index in [1.54, 1.807) is 6.92 Å². The van der Waals surface area contributed by atoms with Gasteiger partial charge in [0.05, 0.1) is 6.10 Å². The lowest BCUT2D eigenvalue weighted by molar-refractivity contribution is -0.122. The predicted octanol–water partition coefficient (Wildman–Crippen LogP) is -1.07. The van der Waals surface area contributed by atoms with Crippen LogP contribution in [-0.4, -0.2) is 35.7 Å². The van der Waals surface area contributed by atoms with Gasteiger partial charge in [-0.25, -0.2) is 4.79 Å². The van der Waals surface area contributed by atoms with Crippen LogP contribution in [0.2, 0.25) is 0 Å². The van der Waals surface area contributed by atoms with Gasteiger partial charge in [-0.05, 0) is 20.3 Å². The average molecular weight is 203 g/mol. The van der Waals surface area contributed by atoms with Crippen LogP contribution < -0.4 is 16.4 Å². The number of nitrogens with one attached hydrogen (secondary N) is 2. The molecule has 0 bridgehead atoms. The maximum Gasteiger partial charge on any atom is 0.312 e. The molecule has 0 aliphatic carbocycles. The second-order valence-electron chi connectivity index (χ2n) is 3.16. The van der Waals surface area contributed by atoms with Crippen LogP contribution in [0.5, 0.6) is 0 Å². The zero-order valence-corrected chi connectivity index (χ0v) is 8.41. The van der Waals surface area contributed by atoms with E-state index < -0.39 is 18.2 Å². The van der Waals surface area contributed by atoms with Crippen molar-refractivity contribution < 1.29 is 14.7 Å². The molecule has 0 saturated heterocycles. The zero-order valence-electron chi connectivity index (χ0n) is 8.41. The van der Waals surface area contributed by atoms with Crippen molar-refractivity contribution in [3.63, 3.8) is 0 Å². The van der Waals surface area contributed by atoms with Gasteiger partial charge in [0, 0.05) is 6.54 Å². The van der Waals surface area contributed by atoms with E-state index in [1.165, 1.54) is 6.92 Å². The Bertz CT molecular complexity index is 206. The number of carbonyl (C=O) groups is 2. The summed E-state index contributed by atoms with van der Waals surface area (Å²) < 4.78 is 0. The summed E-state index contributed by atoms with van der Waals surface area (Å²) >= 11 is 0. The van der Waals surface area contributed by atoms with Crippen LogP contribution in [-0.2, 0) is 4.79 Å². The van der Waals surface area contributed by atoms with Crippen molar-refractivity contribution >= 4 is 11.9 Å². The minimum atomic E-state index is -0.733. The molecule has 0 radical (unpaired) electrons. The maximum atomic E-state index is 11.2. The molecule has 0 spiro atoms.